The number of non-ortho nitro benzene ring substituents is 1. The van der Waals surface area contributed by atoms with Gasteiger partial charge < -0.3 is 5.11 Å². The molecule has 4 aromatic rings. The monoisotopic (exact) mass is 483 g/mol. The van der Waals surface area contributed by atoms with Crippen LogP contribution in [-0.2, 0) is 6.54 Å². The number of nitro benzene ring substituents is 1. The van der Waals surface area contributed by atoms with E-state index in [2.05, 4.69) is 9.88 Å². The average Bonchev–Trinajstić information content (AvgIpc) is 3.49. The van der Waals surface area contributed by atoms with Crippen molar-refractivity contribution in [2.75, 3.05) is 13.1 Å². The summed E-state index contributed by atoms with van der Waals surface area (Å²) in [5.41, 5.74) is 3.08. The van der Waals surface area contributed by atoms with Gasteiger partial charge in [0, 0.05) is 36.6 Å². The Bertz CT molecular complexity index is 1470. The zero-order chi connectivity index (χ0) is 25.2. The Kier molecular flexibility index (Phi) is 6.30. The molecule has 0 bridgehead atoms. The molecule has 0 atom stereocenters. The van der Waals surface area contributed by atoms with Crippen LogP contribution in [0.15, 0.2) is 71.9 Å². The molecule has 2 aromatic heterocycles. The summed E-state index contributed by atoms with van der Waals surface area (Å²) < 4.78 is 1.08. The second-order valence-electron chi connectivity index (χ2n) is 8.83. The lowest BCUT2D eigenvalue weighted by molar-refractivity contribution is -0.384. The lowest BCUT2D eigenvalue weighted by Crippen LogP contribution is -2.18. The van der Waals surface area contributed by atoms with E-state index in [-0.39, 0.29) is 17.1 Å². The number of aliphatic imine (C=N–C) groups is 1. The lowest BCUT2D eigenvalue weighted by atomic mass is 10.0. The Morgan fingerprint density at radius 2 is 1.86 bits per heavy atom. The molecule has 5 rings (SSSR count). The topological polar surface area (TPSA) is 114 Å². The zero-order valence-corrected chi connectivity index (χ0v) is 19.8. The number of hydrogen-bond donors (Lipinski definition) is 1. The third-order valence-corrected chi connectivity index (χ3v) is 6.37. The molecule has 182 valence electrons. The fourth-order valence-electron chi connectivity index (χ4n) is 4.66. The molecule has 3 heterocycles. The van der Waals surface area contributed by atoms with E-state index >= 15 is 0 Å². The third-order valence-electron chi connectivity index (χ3n) is 6.37. The fraction of sp³-hybridized carbons (Fsp3) is 0.222. The van der Waals surface area contributed by atoms with E-state index in [1.807, 2.05) is 42.5 Å². The number of carbonyl (C=O) groups is 1. The molecule has 0 aliphatic carbocycles. The zero-order valence-electron chi connectivity index (χ0n) is 19.8. The summed E-state index contributed by atoms with van der Waals surface area (Å²) >= 11 is 0. The van der Waals surface area contributed by atoms with Gasteiger partial charge in [-0.15, -0.1) is 0 Å². The maximum Gasteiger partial charge on any atom is 0.271 e. The van der Waals surface area contributed by atoms with Crippen LogP contribution in [0.2, 0.25) is 0 Å². The van der Waals surface area contributed by atoms with Gasteiger partial charge in [-0.05, 0) is 44.1 Å². The number of carbonyl (C=O) groups excluding carboxylic acids is 1. The van der Waals surface area contributed by atoms with Gasteiger partial charge in [0.25, 0.3) is 5.69 Å². The second kappa shape index (κ2) is 9.71. The lowest BCUT2D eigenvalue weighted by Gasteiger charge is -2.13. The molecule has 1 fully saturated rings. The summed E-state index contributed by atoms with van der Waals surface area (Å²) in [5.74, 6) is -0.788. The highest BCUT2D eigenvalue weighted by molar-refractivity contribution is 6.23. The molecule has 0 saturated carbocycles. The minimum Gasteiger partial charge on any atom is -0.494 e. The quantitative estimate of drug-likeness (QED) is 0.233. The molecule has 1 aliphatic rings. The number of aromatic hydroxyl groups is 1. The summed E-state index contributed by atoms with van der Waals surface area (Å²) in [5, 5.41) is 23.0. The molecule has 9 heteroatoms. The number of benzene rings is 2. The Balaban J connectivity index is 1.65. The molecule has 0 radical (unpaired) electrons. The minimum absolute atomic E-state index is 0.176. The molecule has 36 heavy (non-hydrogen) atoms. The fourth-order valence-corrected chi connectivity index (χ4v) is 4.66. The van der Waals surface area contributed by atoms with Crippen LogP contribution in [0.5, 0.6) is 5.88 Å². The number of likely N-dealkylation sites (tertiary alicyclic amines) is 1. The Labute approximate surface area is 207 Å². The Morgan fingerprint density at radius 1 is 1.11 bits per heavy atom. The van der Waals surface area contributed by atoms with E-state index in [1.54, 1.807) is 6.20 Å². The van der Waals surface area contributed by atoms with Crippen LogP contribution in [0.3, 0.4) is 0 Å². The number of hydrogen-bond acceptors (Lipinski definition) is 7. The van der Waals surface area contributed by atoms with Crippen LogP contribution in [0.4, 0.5) is 11.4 Å². The number of fused-ring (bicyclic) bond motifs is 1. The van der Waals surface area contributed by atoms with Crippen LogP contribution in [0.1, 0.15) is 41.4 Å². The summed E-state index contributed by atoms with van der Waals surface area (Å²) in [6.07, 6.45) is 4.12. The summed E-state index contributed by atoms with van der Waals surface area (Å²) in [7, 11) is 0. The molecular weight excluding hydrogens is 458 g/mol. The van der Waals surface area contributed by atoms with Crippen molar-refractivity contribution < 1.29 is 14.8 Å². The van der Waals surface area contributed by atoms with E-state index in [9.17, 15) is 20.0 Å². The number of pyridine rings is 1. The van der Waals surface area contributed by atoms with Crippen LogP contribution in [0, 0.1) is 10.1 Å². The first kappa shape index (κ1) is 23.4. The molecule has 9 nitrogen and oxygen atoms in total. The van der Waals surface area contributed by atoms with Crippen molar-refractivity contribution in [1.29, 1.82) is 0 Å². The molecule has 1 N–H and O–H groups in total. The largest absolute Gasteiger partial charge is 0.494 e. The van der Waals surface area contributed by atoms with Crippen molar-refractivity contribution in [2.45, 2.75) is 26.3 Å². The highest BCUT2D eigenvalue weighted by atomic mass is 16.6. The number of nitro groups is 1. The van der Waals surface area contributed by atoms with Crippen molar-refractivity contribution in [3.63, 3.8) is 0 Å². The molecule has 0 unspecified atom stereocenters. The van der Waals surface area contributed by atoms with Gasteiger partial charge in [0.15, 0.2) is 0 Å². The smallest absolute Gasteiger partial charge is 0.271 e. The van der Waals surface area contributed by atoms with Crippen molar-refractivity contribution in [2.24, 2.45) is 4.99 Å². The van der Waals surface area contributed by atoms with Gasteiger partial charge in [-0.1, -0.05) is 30.3 Å². The first-order chi connectivity index (χ1) is 17.4. The van der Waals surface area contributed by atoms with Crippen molar-refractivity contribution in [3.05, 3.63) is 93.8 Å². The van der Waals surface area contributed by atoms with E-state index in [4.69, 9.17) is 4.99 Å². The Morgan fingerprint density at radius 3 is 2.50 bits per heavy atom. The van der Waals surface area contributed by atoms with Crippen molar-refractivity contribution >= 4 is 33.9 Å². The molecule has 0 amide bonds. The number of nitrogens with zero attached hydrogens (tertiary/aromatic N) is 5. The van der Waals surface area contributed by atoms with E-state index in [0.717, 1.165) is 35.5 Å². The SMILES string of the molecule is CC(=O)n1c(O)c(C(=Nc2ccc(CN3CCCC3)nc2)c2ccccc2)c2ccc([N+](=O)[O-])cc21. The number of aromatic nitrogens is 2. The van der Waals surface area contributed by atoms with Gasteiger partial charge in [-0.2, -0.15) is 0 Å². The van der Waals surface area contributed by atoms with Gasteiger partial charge in [0.05, 0.1) is 39.3 Å². The predicted molar refractivity (Wildman–Crippen MR) is 137 cm³/mol. The van der Waals surface area contributed by atoms with Crippen molar-refractivity contribution in [1.82, 2.24) is 14.5 Å². The summed E-state index contributed by atoms with van der Waals surface area (Å²) in [4.78, 5) is 35.1. The molecule has 1 saturated heterocycles. The van der Waals surface area contributed by atoms with Crippen LogP contribution < -0.4 is 0 Å². The molecule has 2 aromatic carbocycles. The van der Waals surface area contributed by atoms with Crippen LogP contribution in [0.25, 0.3) is 10.9 Å². The first-order valence-corrected chi connectivity index (χ1v) is 11.8. The minimum atomic E-state index is -0.533. The summed E-state index contributed by atoms with van der Waals surface area (Å²) in [6, 6.07) is 17.3. The van der Waals surface area contributed by atoms with E-state index < -0.39 is 10.8 Å². The maximum atomic E-state index is 12.5. The van der Waals surface area contributed by atoms with Crippen LogP contribution >= 0.6 is 0 Å². The number of rotatable bonds is 6. The summed E-state index contributed by atoms with van der Waals surface area (Å²) in [6.45, 7) is 4.25. The maximum absolute atomic E-state index is 12.5. The molecule has 0 spiro atoms. The van der Waals surface area contributed by atoms with Crippen molar-refractivity contribution in [3.8, 4) is 5.88 Å². The standard InChI is InChI=1S/C27H25N5O4/c1-18(33)31-24-15-22(32(35)36)11-12-23(24)25(27(31)34)26(19-7-3-2-4-8-19)29-20-9-10-21(28-16-20)17-30-13-5-6-14-30/h2-4,7-12,15-16,34H,5-6,13-14,17H2,1H3. The van der Waals surface area contributed by atoms with Gasteiger partial charge in [-0.3, -0.25) is 24.8 Å². The molecular formula is C27H25N5O4. The second-order valence-corrected chi connectivity index (χ2v) is 8.83. The molecule has 1 aliphatic heterocycles. The van der Waals surface area contributed by atoms with Gasteiger partial charge >= 0.3 is 0 Å². The van der Waals surface area contributed by atoms with Gasteiger partial charge in [-0.25, -0.2) is 9.56 Å². The van der Waals surface area contributed by atoms with Gasteiger partial charge in [0.1, 0.15) is 0 Å². The highest BCUT2D eigenvalue weighted by Gasteiger charge is 2.25. The first-order valence-electron chi connectivity index (χ1n) is 11.8. The van der Waals surface area contributed by atoms with E-state index in [0.29, 0.717) is 22.3 Å². The van der Waals surface area contributed by atoms with Gasteiger partial charge in [0.2, 0.25) is 11.8 Å². The normalized spacial score (nSPS) is 14.4. The predicted octanol–water partition coefficient (Wildman–Crippen LogP) is 5.08. The van der Waals surface area contributed by atoms with E-state index in [1.165, 1.54) is 38.0 Å². The van der Waals surface area contributed by atoms with Crippen LogP contribution in [-0.4, -0.2) is 49.2 Å². The highest BCUT2D eigenvalue weighted by Crippen LogP contribution is 2.36. The third kappa shape index (κ3) is 4.48. The Hall–Kier alpha value is -4.37. The average molecular weight is 484 g/mol.